The highest BCUT2D eigenvalue weighted by Gasteiger charge is 2.29. The third-order valence-electron chi connectivity index (χ3n) is 4.43. The third kappa shape index (κ3) is 8.32. The molecular formula is C23H25ClF4O3. The molecule has 2 rings (SSSR count). The predicted octanol–water partition coefficient (Wildman–Crippen LogP) is 7.24. The Balaban J connectivity index is 1.78. The van der Waals surface area contributed by atoms with Gasteiger partial charge in [0, 0.05) is 6.08 Å². The van der Waals surface area contributed by atoms with E-state index < -0.39 is 17.0 Å². The van der Waals surface area contributed by atoms with Gasteiger partial charge in [0.2, 0.25) is 0 Å². The fourth-order valence-electron chi connectivity index (χ4n) is 2.87. The zero-order chi connectivity index (χ0) is 22.9. The minimum absolute atomic E-state index is 0.0388. The Labute approximate surface area is 184 Å². The van der Waals surface area contributed by atoms with Gasteiger partial charge in [0.05, 0.1) is 18.8 Å². The molecule has 0 unspecified atom stereocenters. The molecule has 0 aliphatic carbocycles. The molecular weight excluding hydrogens is 436 g/mol. The van der Waals surface area contributed by atoms with Crippen molar-refractivity contribution in [1.82, 2.24) is 0 Å². The summed E-state index contributed by atoms with van der Waals surface area (Å²) in [6.07, 6.45) is -1.06. The maximum absolute atomic E-state index is 12.6. The summed E-state index contributed by atoms with van der Waals surface area (Å²) in [5.41, 5.74) is 1.19. The quantitative estimate of drug-likeness (QED) is 0.261. The fourth-order valence-corrected chi connectivity index (χ4v) is 2.94. The van der Waals surface area contributed by atoms with Crippen molar-refractivity contribution in [2.24, 2.45) is 0 Å². The van der Waals surface area contributed by atoms with Crippen LogP contribution in [-0.4, -0.2) is 19.8 Å². The molecule has 0 atom stereocenters. The van der Waals surface area contributed by atoms with Crippen molar-refractivity contribution in [2.75, 3.05) is 19.8 Å². The van der Waals surface area contributed by atoms with Crippen LogP contribution in [-0.2, 0) is 12.6 Å². The number of ether oxygens (including phenoxy) is 3. The molecule has 2 aromatic rings. The molecule has 0 aliphatic heterocycles. The van der Waals surface area contributed by atoms with Gasteiger partial charge in [-0.05, 0) is 73.7 Å². The van der Waals surface area contributed by atoms with Gasteiger partial charge in [0.25, 0.3) is 0 Å². The second kappa shape index (κ2) is 11.8. The lowest BCUT2D eigenvalue weighted by Gasteiger charge is -2.16. The molecule has 0 fully saturated rings. The lowest BCUT2D eigenvalue weighted by molar-refractivity contribution is -0.137. The Morgan fingerprint density at radius 2 is 1.61 bits per heavy atom. The molecule has 0 aliphatic rings. The summed E-state index contributed by atoms with van der Waals surface area (Å²) in [6, 6.07) is 8.32. The van der Waals surface area contributed by atoms with Crippen LogP contribution in [0.5, 0.6) is 17.2 Å². The van der Waals surface area contributed by atoms with Gasteiger partial charge in [0.15, 0.2) is 5.29 Å². The molecule has 0 saturated heterocycles. The number of alkyl halides is 3. The minimum Gasteiger partial charge on any atom is -0.494 e. The summed E-state index contributed by atoms with van der Waals surface area (Å²) in [7, 11) is 0. The van der Waals surface area contributed by atoms with Gasteiger partial charge in [-0.2, -0.15) is 17.6 Å². The maximum atomic E-state index is 12.6. The summed E-state index contributed by atoms with van der Waals surface area (Å²) >= 11 is 5.15. The van der Waals surface area contributed by atoms with Crippen molar-refractivity contribution in [2.45, 2.75) is 39.3 Å². The molecule has 0 spiro atoms. The van der Waals surface area contributed by atoms with Crippen molar-refractivity contribution < 1.29 is 31.8 Å². The number of benzene rings is 2. The Morgan fingerprint density at radius 1 is 0.968 bits per heavy atom. The van der Waals surface area contributed by atoms with E-state index in [0.29, 0.717) is 31.1 Å². The second-order valence-corrected chi connectivity index (χ2v) is 7.17. The van der Waals surface area contributed by atoms with E-state index in [4.69, 9.17) is 25.8 Å². The molecule has 0 amide bonds. The summed E-state index contributed by atoms with van der Waals surface area (Å²) in [5.74, 6) is 1.80. The van der Waals surface area contributed by atoms with Crippen molar-refractivity contribution in [1.29, 1.82) is 0 Å². The fraction of sp³-hybridized carbons (Fsp3) is 0.391. The third-order valence-corrected chi connectivity index (χ3v) is 4.58. The van der Waals surface area contributed by atoms with Crippen LogP contribution < -0.4 is 14.2 Å². The molecule has 3 nitrogen and oxygen atoms in total. The van der Waals surface area contributed by atoms with Gasteiger partial charge in [-0.1, -0.05) is 18.5 Å². The Kier molecular flexibility index (Phi) is 9.49. The van der Waals surface area contributed by atoms with Crippen molar-refractivity contribution in [3.8, 4) is 17.2 Å². The largest absolute Gasteiger partial charge is 0.494 e. The van der Waals surface area contributed by atoms with E-state index in [2.05, 4.69) is 0 Å². The molecule has 8 heteroatoms. The van der Waals surface area contributed by atoms with Crippen LogP contribution in [0.25, 0.3) is 0 Å². The van der Waals surface area contributed by atoms with E-state index in [1.807, 2.05) is 26.0 Å². The Bertz CT molecular complexity index is 860. The van der Waals surface area contributed by atoms with E-state index >= 15 is 0 Å². The molecule has 31 heavy (non-hydrogen) atoms. The highest BCUT2D eigenvalue weighted by atomic mass is 35.5. The van der Waals surface area contributed by atoms with Crippen molar-refractivity contribution >= 4 is 11.6 Å². The van der Waals surface area contributed by atoms with Gasteiger partial charge in [-0.25, -0.2) is 0 Å². The van der Waals surface area contributed by atoms with E-state index in [1.165, 1.54) is 12.1 Å². The second-order valence-electron chi connectivity index (χ2n) is 6.81. The van der Waals surface area contributed by atoms with Crippen LogP contribution in [0.1, 0.15) is 36.5 Å². The number of halogens is 5. The summed E-state index contributed by atoms with van der Waals surface area (Å²) in [5, 5.41) is -0.810. The first-order chi connectivity index (χ1) is 14.7. The average molecular weight is 461 g/mol. The number of hydrogen-bond acceptors (Lipinski definition) is 3. The first-order valence-corrected chi connectivity index (χ1v) is 10.3. The Hall–Kier alpha value is -2.41. The average Bonchev–Trinajstić information content (AvgIpc) is 2.70. The van der Waals surface area contributed by atoms with Crippen LogP contribution in [0, 0.1) is 6.92 Å². The van der Waals surface area contributed by atoms with Crippen LogP contribution in [0.3, 0.4) is 0 Å². The van der Waals surface area contributed by atoms with Crippen LogP contribution in [0.15, 0.2) is 47.8 Å². The molecule has 0 saturated carbocycles. The lowest BCUT2D eigenvalue weighted by Crippen LogP contribution is -2.06. The zero-order valence-corrected chi connectivity index (χ0v) is 18.2. The number of hydrogen-bond donors (Lipinski definition) is 0. The van der Waals surface area contributed by atoms with Gasteiger partial charge < -0.3 is 14.2 Å². The van der Waals surface area contributed by atoms with Gasteiger partial charge in [0.1, 0.15) is 23.9 Å². The molecule has 0 bridgehead atoms. The van der Waals surface area contributed by atoms with Crippen LogP contribution in [0.2, 0.25) is 0 Å². The lowest BCUT2D eigenvalue weighted by atomic mass is 10.1. The van der Waals surface area contributed by atoms with E-state index in [0.717, 1.165) is 47.9 Å². The topological polar surface area (TPSA) is 27.7 Å². The molecule has 0 aromatic heterocycles. The summed E-state index contributed by atoms with van der Waals surface area (Å²) in [6.45, 7) is 4.81. The van der Waals surface area contributed by atoms with E-state index in [-0.39, 0.29) is 6.61 Å². The standard InChI is InChI=1S/C23H25ClF4O3/c1-3-17-15-20(30-13-10-21(24)25)14-16(2)22(17)31-12-5-4-11-29-19-8-6-18(7-9-19)23(26,27)28/h6-10,14-15H,3-5,11-13H2,1-2H3/b21-10+. The highest BCUT2D eigenvalue weighted by molar-refractivity contribution is 6.28. The number of aryl methyl sites for hydroxylation is 2. The van der Waals surface area contributed by atoms with Crippen molar-refractivity contribution in [3.05, 3.63) is 64.5 Å². The number of rotatable bonds is 11. The molecule has 2 aromatic carbocycles. The SMILES string of the molecule is CCc1cc(OC/C=C(/F)Cl)cc(C)c1OCCCCOc1ccc(C(F)(F)F)cc1. The monoisotopic (exact) mass is 460 g/mol. The van der Waals surface area contributed by atoms with Gasteiger partial charge in [-0.15, -0.1) is 0 Å². The van der Waals surface area contributed by atoms with Gasteiger partial charge >= 0.3 is 6.18 Å². The predicted molar refractivity (Wildman–Crippen MR) is 113 cm³/mol. The first kappa shape index (κ1) is 24.9. The normalized spacial score (nSPS) is 12.0. The maximum Gasteiger partial charge on any atom is 0.416 e. The molecule has 0 N–H and O–H groups in total. The number of unbranched alkanes of at least 4 members (excludes halogenated alkanes) is 1. The highest BCUT2D eigenvalue weighted by Crippen LogP contribution is 2.31. The first-order valence-electron chi connectivity index (χ1n) is 9.91. The van der Waals surface area contributed by atoms with Gasteiger partial charge in [-0.3, -0.25) is 0 Å². The molecule has 0 heterocycles. The van der Waals surface area contributed by atoms with E-state index in [9.17, 15) is 17.6 Å². The smallest absolute Gasteiger partial charge is 0.416 e. The Morgan fingerprint density at radius 3 is 2.19 bits per heavy atom. The summed E-state index contributed by atoms with van der Waals surface area (Å²) < 4.78 is 67.1. The zero-order valence-electron chi connectivity index (χ0n) is 17.4. The van der Waals surface area contributed by atoms with Crippen LogP contribution >= 0.6 is 11.6 Å². The van der Waals surface area contributed by atoms with E-state index in [1.54, 1.807) is 0 Å². The summed E-state index contributed by atoms with van der Waals surface area (Å²) in [4.78, 5) is 0. The minimum atomic E-state index is -4.35. The molecule has 170 valence electrons. The van der Waals surface area contributed by atoms with Crippen LogP contribution in [0.4, 0.5) is 17.6 Å². The van der Waals surface area contributed by atoms with Crippen molar-refractivity contribution in [3.63, 3.8) is 0 Å². The molecule has 0 radical (unpaired) electrons.